The van der Waals surface area contributed by atoms with Crippen LogP contribution in [0.15, 0.2) is 22.6 Å². The van der Waals surface area contributed by atoms with Crippen LogP contribution in [0.4, 0.5) is 5.69 Å². The van der Waals surface area contributed by atoms with Gasteiger partial charge < -0.3 is 9.15 Å². The van der Waals surface area contributed by atoms with Crippen molar-refractivity contribution >= 4 is 27.0 Å². The first-order valence-electron chi connectivity index (χ1n) is 8.24. The lowest BCUT2D eigenvalue weighted by Crippen LogP contribution is -2.49. The predicted molar refractivity (Wildman–Crippen MR) is 90.1 cm³/mol. The number of rotatable bonds is 4. The Kier molecular flexibility index (Phi) is 3.78. The molecule has 1 aromatic carbocycles. The smallest absolute Gasteiger partial charge is 0.301 e. The highest BCUT2D eigenvalue weighted by atomic mass is 32.2. The maximum Gasteiger partial charge on any atom is 0.301 e. The molecule has 24 heavy (non-hydrogen) atoms. The van der Waals surface area contributed by atoms with Gasteiger partial charge in [0.05, 0.1) is 17.9 Å². The van der Waals surface area contributed by atoms with Crippen LogP contribution in [0.5, 0.6) is 0 Å². The second-order valence-electron chi connectivity index (χ2n) is 6.69. The van der Waals surface area contributed by atoms with Gasteiger partial charge in [-0.25, -0.2) is 4.98 Å². The van der Waals surface area contributed by atoms with Gasteiger partial charge in [0.2, 0.25) is 0 Å². The lowest BCUT2D eigenvalue weighted by Gasteiger charge is -2.34. The summed E-state index contributed by atoms with van der Waals surface area (Å²) in [4.78, 5) is 4.45. The zero-order valence-corrected chi connectivity index (χ0v) is 14.5. The fourth-order valence-electron chi connectivity index (χ4n) is 3.05. The van der Waals surface area contributed by atoms with Crippen LogP contribution in [0, 0.1) is 0 Å². The monoisotopic (exact) mass is 351 g/mol. The second kappa shape index (κ2) is 5.72. The minimum atomic E-state index is -3.63. The number of fused-ring (bicyclic) bond motifs is 1. The summed E-state index contributed by atoms with van der Waals surface area (Å²) in [6.07, 6.45) is 1.98. The molecule has 0 amide bonds. The van der Waals surface area contributed by atoms with Gasteiger partial charge in [0.1, 0.15) is 5.52 Å². The molecule has 1 saturated heterocycles. The number of benzene rings is 1. The second-order valence-corrected chi connectivity index (χ2v) is 8.36. The SMILES string of the molecule is C[C@@H]1CN(S(=O)(=O)Nc2ccc3nc(C4CC4)oc3c2)C[C@H](C)O1. The van der Waals surface area contributed by atoms with Gasteiger partial charge in [-0.2, -0.15) is 12.7 Å². The Morgan fingerprint density at radius 2 is 1.92 bits per heavy atom. The first-order valence-corrected chi connectivity index (χ1v) is 9.68. The summed E-state index contributed by atoms with van der Waals surface area (Å²) in [5.74, 6) is 1.18. The van der Waals surface area contributed by atoms with Crippen LogP contribution < -0.4 is 4.72 Å². The maximum atomic E-state index is 12.6. The van der Waals surface area contributed by atoms with Gasteiger partial charge in [-0.3, -0.25) is 4.72 Å². The van der Waals surface area contributed by atoms with Crippen molar-refractivity contribution in [1.82, 2.24) is 9.29 Å². The fraction of sp³-hybridized carbons (Fsp3) is 0.562. The van der Waals surface area contributed by atoms with E-state index in [1.54, 1.807) is 18.2 Å². The molecule has 2 aliphatic rings. The van der Waals surface area contributed by atoms with Gasteiger partial charge in [-0.15, -0.1) is 0 Å². The van der Waals surface area contributed by atoms with Crippen molar-refractivity contribution in [3.8, 4) is 0 Å². The molecule has 0 unspecified atom stereocenters. The first kappa shape index (κ1) is 15.9. The third kappa shape index (κ3) is 3.13. The lowest BCUT2D eigenvalue weighted by molar-refractivity contribution is -0.0439. The van der Waals surface area contributed by atoms with E-state index in [9.17, 15) is 8.42 Å². The van der Waals surface area contributed by atoms with E-state index in [4.69, 9.17) is 9.15 Å². The van der Waals surface area contributed by atoms with Crippen molar-refractivity contribution in [2.75, 3.05) is 17.8 Å². The van der Waals surface area contributed by atoms with E-state index in [0.29, 0.717) is 30.3 Å². The molecule has 2 aromatic rings. The van der Waals surface area contributed by atoms with Crippen molar-refractivity contribution in [3.63, 3.8) is 0 Å². The van der Waals surface area contributed by atoms with Crippen LogP contribution in [0.1, 0.15) is 38.5 Å². The number of ether oxygens (including phenoxy) is 1. The number of anilines is 1. The van der Waals surface area contributed by atoms with E-state index < -0.39 is 10.2 Å². The highest BCUT2D eigenvalue weighted by Gasteiger charge is 2.31. The highest BCUT2D eigenvalue weighted by molar-refractivity contribution is 7.90. The molecule has 1 saturated carbocycles. The summed E-state index contributed by atoms with van der Waals surface area (Å²) in [5, 5.41) is 0. The minimum absolute atomic E-state index is 0.122. The van der Waals surface area contributed by atoms with E-state index in [2.05, 4.69) is 9.71 Å². The molecule has 2 fully saturated rings. The average Bonchev–Trinajstić information content (AvgIpc) is 3.26. The van der Waals surface area contributed by atoms with Gasteiger partial charge in [0.15, 0.2) is 11.5 Å². The molecule has 1 N–H and O–H groups in total. The van der Waals surface area contributed by atoms with Crippen molar-refractivity contribution in [2.45, 2.75) is 44.8 Å². The van der Waals surface area contributed by atoms with E-state index >= 15 is 0 Å². The van der Waals surface area contributed by atoms with Gasteiger partial charge in [0, 0.05) is 25.1 Å². The molecule has 0 spiro atoms. The molecule has 130 valence electrons. The van der Waals surface area contributed by atoms with Crippen LogP contribution in [0.2, 0.25) is 0 Å². The number of morpholine rings is 1. The predicted octanol–water partition coefficient (Wildman–Crippen LogP) is 2.47. The van der Waals surface area contributed by atoms with E-state index in [1.807, 2.05) is 13.8 Å². The van der Waals surface area contributed by atoms with Crippen LogP contribution in [0.3, 0.4) is 0 Å². The summed E-state index contributed by atoms with van der Waals surface area (Å²) < 4.78 is 40.6. The summed E-state index contributed by atoms with van der Waals surface area (Å²) >= 11 is 0. The molecule has 2 heterocycles. The van der Waals surface area contributed by atoms with Gasteiger partial charge in [-0.1, -0.05) is 0 Å². The summed E-state index contributed by atoms with van der Waals surface area (Å²) in [6.45, 7) is 4.43. The molecule has 7 nitrogen and oxygen atoms in total. The highest BCUT2D eigenvalue weighted by Crippen LogP contribution is 2.40. The molecular weight excluding hydrogens is 330 g/mol. The molecular formula is C16H21N3O4S. The van der Waals surface area contributed by atoms with E-state index in [1.165, 1.54) is 4.31 Å². The molecule has 4 rings (SSSR count). The Labute approximate surface area is 141 Å². The molecule has 1 aromatic heterocycles. The third-order valence-corrected chi connectivity index (χ3v) is 5.78. The molecule has 1 aliphatic heterocycles. The zero-order chi connectivity index (χ0) is 16.9. The molecule has 2 atom stereocenters. The minimum Gasteiger partial charge on any atom is -0.440 e. The third-order valence-electron chi connectivity index (χ3n) is 4.30. The Bertz CT molecular complexity index is 849. The Morgan fingerprint density at radius 3 is 2.58 bits per heavy atom. The van der Waals surface area contributed by atoms with Crippen molar-refractivity contribution < 1.29 is 17.6 Å². The van der Waals surface area contributed by atoms with Gasteiger partial charge in [0.25, 0.3) is 0 Å². The van der Waals surface area contributed by atoms with E-state index in [0.717, 1.165) is 24.2 Å². The average molecular weight is 351 g/mol. The molecule has 0 bridgehead atoms. The largest absolute Gasteiger partial charge is 0.440 e. The van der Waals surface area contributed by atoms with E-state index in [-0.39, 0.29) is 12.2 Å². The number of nitrogens with zero attached hydrogens (tertiary/aromatic N) is 2. The summed E-state index contributed by atoms with van der Waals surface area (Å²) in [7, 11) is -3.63. The van der Waals surface area contributed by atoms with Crippen LogP contribution >= 0.6 is 0 Å². The van der Waals surface area contributed by atoms with Crippen LogP contribution in [-0.4, -0.2) is 43.0 Å². The first-order chi connectivity index (χ1) is 11.4. The number of hydrogen-bond donors (Lipinski definition) is 1. The zero-order valence-electron chi connectivity index (χ0n) is 13.7. The van der Waals surface area contributed by atoms with Crippen LogP contribution in [-0.2, 0) is 14.9 Å². The molecule has 0 radical (unpaired) electrons. The van der Waals surface area contributed by atoms with Crippen LogP contribution in [0.25, 0.3) is 11.1 Å². The molecule has 1 aliphatic carbocycles. The Morgan fingerprint density at radius 1 is 1.21 bits per heavy atom. The maximum absolute atomic E-state index is 12.6. The van der Waals surface area contributed by atoms with Gasteiger partial charge >= 0.3 is 10.2 Å². The van der Waals surface area contributed by atoms with Crippen molar-refractivity contribution in [1.29, 1.82) is 0 Å². The quantitative estimate of drug-likeness (QED) is 0.915. The summed E-state index contributed by atoms with van der Waals surface area (Å²) in [5.41, 5.74) is 1.85. The Balaban J connectivity index is 1.56. The standard InChI is InChI=1S/C16H21N3O4S/c1-10-8-19(9-11(2)22-10)24(20,21)18-13-5-6-14-15(7-13)23-16(17-14)12-3-4-12/h5-7,10-12,18H,3-4,8-9H2,1-2H3/t10-,11+. The number of hydrogen-bond acceptors (Lipinski definition) is 5. The van der Waals surface area contributed by atoms with Gasteiger partial charge in [-0.05, 0) is 38.8 Å². The van der Waals surface area contributed by atoms with Crippen molar-refractivity contribution in [2.24, 2.45) is 0 Å². The lowest BCUT2D eigenvalue weighted by atomic mass is 10.3. The Hall–Kier alpha value is -1.64. The van der Waals surface area contributed by atoms with Crippen molar-refractivity contribution in [3.05, 3.63) is 24.1 Å². The molecule has 8 heteroatoms. The fourth-order valence-corrected chi connectivity index (χ4v) is 4.42. The summed E-state index contributed by atoms with van der Waals surface area (Å²) in [6, 6.07) is 5.19. The normalized spacial score (nSPS) is 25.9. The topological polar surface area (TPSA) is 84.7 Å². The number of aromatic nitrogens is 1. The number of oxazole rings is 1. The number of nitrogens with one attached hydrogen (secondary N) is 1.